The van der Waals surface area contributed by atoms with Gasteiger partial charge < -0.3 is 11.2 Å². The Labute approximate surface area is 129 Å². The van der Waals surface area contributed by atoms with Crippen LogP contribution in [-0.4, -0.2) is 33.6 Å². The molecule has 0 unspecified atom stereocenters. The van der Waals surface area contributed by atoms with Gasteiger partial charge in [-0.05, 0) is 18.2 Å². The molecule has 2 rings (SSSR count). The number of carbonyl (C=O) groups excluding carboxylic acids is 1. The van der Waals surface area contributed by atoms with Gasteiger partial charge in [-0.3, -0.25) is 4.79 Å². The van der Waals surface area contributed by atoms with Crippen molar-refractivity contribution >= 4 is 40.9 Å². The number of nitrogen functional groups attached to an aromatic ring is 1. The zero-order chi connectivity index (χ0) is 14.7. The second-order valence-corrected chi connectivity index (χ2v) is 5.55. The second-order valence-electron chi connectivity index (χ2n) is 3.76. The van der Waals surface area contributed by atoms with Gasteiger partial charge in [0.05, 0.1) is 10.8 Å². The van der Waals surface area contributed by atoms with Gasteiger partial charge in [0.15, 0.2) is 5.82 Å². The smallest absolute Gasteiger partial charge is 0.230 e. The summed E-state index contributed by atoms with van der Waals surface area (Å²) >= 11 is 13.2. The molecule has 0 spiro atoms. The van der Waals surface area contributed by atoms with Crippen molar-refractivity contribution < 1.29 is 4.79 Å². The van der Waals surface area contributed by atoms with Crippen molar-refractivity contribution in [2.75, 3.05) is 18.6 Å². The molecule has 2 aromatic rings. The molecule has 1 aromatic carbocycles. The SMILES string of the molecule is CNC(=O)CSc1nnc(-c2cc(Cl)ccc2Cl)n1N. The fourth-order valence-corrected chi connectivity index (χ4v) is 2.53. The van der Waals surface area contributed by atoms with Crippen LogP contribution in [0.1, 0.15) is 0 Å². The van der Waals surface area contributed by atoms with Crippen molar-refractivity contribution in [3.63, 3.8) is 0 Å². The van der Waals surface area contributed by atoms with Gasteiger partial charge >= 0.3 is 0 Å². The van der Waals surface area contributed by atoms with E-state index in [0.717, 1.165) is 0 Å². The molecule has 20 heavy (non-hydrogen) atoms. The Kier molecular flexibility index (Phi) is 4.74. The zero-order valence-corrected chi connectivity index (χ0v) is 12.8. The minimum absolute atomic E-state index is 0.125. The summed E-state index contributed by atoms with van der Waals surface area (Å²) in [6.07, 6.45) is 0. The van der Waals surface area contributed by atoms with E-state index in [1.165, 1.54) is 16.4 Å². The largest absolute Gasteiger partial charge is 0.358 e. The number of nitrogens with one attached hydrogen (secondary N) is 1. The number of aromatic nitrogens is 3. The molecule has 1 amide bonds. The monoisotopic (exact) mass is 331 g/mol. The standard InChI is InChI=1S/C11H11Cl2N5OS/c1-15-9(19)5-20-11-17-16-10(18(11)14)7-4-6(12)2-3-8(7)13/h2-4H,5,14H2,1H3,(H,15,19). The van der Waals surface area contributed by atoms with Crippen molar-refractivity contribution in [3.05, 3.63) is 28.2 Å². The molecule has 0 saturated heterocycles. The fraction of sp³-hybridized carbons (Fsp3) is 0.182. The Bertz CT molecular complexity index is 646. The maximum atomic E-state index is 11.2. The summed E-state index contributed by atoms with van der Waals surface area (Å²) in [6, 6.07) is 4.99. The average molecular weight is 332 g/mol. The van der Waals surface area contributed by atoms with Gasteiger partial charge in [-0.15, -0.1) is 10.2 Å². The highest BCUT2D eigenvalue weighted by Gasteiger charge is 2.16. The number of halogens is 2. The first-order chi connectivity index (χ1) is 9.52. The van der Waals surface area contributed by atoms with Crippen molar-refractivity contribution in [2.45, 2.75) is 5.16 Å². The Morgan fingerprint density at radius 1 is 1.45 bits per heavy atom. The topological polar surface area (TPSA) is 85.8 Å². The van der Waals surface area contributed by atoms with Gasteiger partial charge in [0.25, 0.3) is 0 Å². The molecule has 6 nitrogen and oxygen atoms in total. The van der Waals surface area contributed by atoms with Crippen LogP contribution >= 0.6 is 35.0 Å². The summed E-state index contributed by atoms with van der Waals surface area (Å²) in [5, 5.41) is 11.8. The Balaban J connectivity index is 2.28. The number of hydrogen-bond donors (Lipinski definition) is 2. The minimum atomic E-state index is -0.125. The molecular weight excluding hydrogens is 321 g/mol. The average Bonchev–Trinajstić information content (AvgIpc) is 2.80. The zero-order valence-electron chi connectivity index (χ0n) is 10.4. The van der Waals surface area contributed by atoms with E-state index in [1.54, 1.807) is 25.2 Å². The fourth-order valence-electron chi connectivity index (χ4n) is 1.43. The first kappa shape index (κ1) is 15.0. The number of nitrogens with two attached hydrogens (primary N) is 1. The van der Waals surface area contributed by atoms with Gasteiger partial charge in [0, 0.05) is 17.6 Å². The van der Waals surface area contributed by atoms with E-state index in [9.17, 15) is 4.79 Å². The van der Waals surface area contributed by atoms with E-state index in [-0.39, 0.29) is 11.7 Å². The lowest BCUT2D eigenvalue weighted by molar-refractivity contribution is -0.118. The number of carbonyl (C=O) groups is 1. The molecule has 0 aliphatic rings. The summed E-state index contributed by atoms with van der Waals surface area (Å²) in [5.74, 6) is 6.38. The molecule has 0 aliphatic heterocycles. The third-order valence-electron chi connectivity index (χ3n) is 2.45. The van der Waals surface area contributed by atoms with E-state index < -0.39 is 0 Å². The van der Waals surface area contributed by atoms with Crippen LogP contribution in [0, 0.1) is 0 Å². The van der Waals surface area contributed by atoms with Crippen LogP contribution in [0.3, 0.4) is 0 Å². The molecule has 0 radical (unpaired) electrons. The van der Waals surface area contributed by atoms with Gasteiger partial charge in [0.2, 0.25) is 11.1 Å². The third-order valence-corrected chi connectivity index (χ3v) is 3.95. The number of hydrogen-bond acceptors (Lipinski definition) is 5. The van der Waals surface area contributed by atoms with Crippen LogP contribution in [0.25, 0.3) is 11.4 Å². The molecule has 0 aliphatic carbocycles. The predicted molar refractivity (Wildman–Crippen MR) is 80.4 cm³/mol. The van der Waals surface area contributed by atoms with Gasteiger partial charge in [0.1, 0.15) is 0 Å². The van der Waals surface area contributed by atoms with Gasteiger partial charge in [-0.2, -0.15) is 0 Å². The molecule has 1 heterocycles. The quantitative estimate of drug-likeness (QED) is 0.659. The van der Waals surface area contributed by atoms with Crippen LogP contribution in [0.15, 0.2) is 23.4 Å². The molecule has 3 N–H and O–H groups in total. The number of benzene rings is 1. The van der Waals surface area contributed by atoms with Crippen LogP contribution in [0.2, 0.25) is 10.0 Å². The van der Waals surface area contributed by atoms with E-state index in [4.69, 9.17) is 29.0 Å². The van der Waals surface area contributed by atoms with E-state index in [1.807, 2.05) is 0 Å². The highest BCUT2D eigenvalue weighted by Crippen LogP contribution is 2.30. The van der Waals surface area contributed by atoms with E-state index >= 15 is 0 Å². The number of nitrogens with zero attached hydrogens (tertiary/aromatic N) is 3. The van der Waals surface area contributed by atoms with Crippen molar-refractivity contribution in [2.24, 2.45) is 0 Å². The van der Waals surface area contributed by atoms with Crippen molar-refractivity contribution in [1.29, 1.82) is 0 Å². The Morgan fingerprint density at radius 3 is 2.90 bits per heavy atom. The number of thioether (sulfide) groups is 1. The summed E-state index contributed by atoms with van der Waals surface area (Å²) in [4.78, 5) is 11.2. The molecule has 1 aromatic heterocycles. The molecular formula is C11H11Cl2N5OS. The van der Waals surface area contributed by atoms with Crippen LogP contribution < -0.4 is 11.2 Å². The van der Waals surface area contributed by atoms with Crippen LogP contribution in [0.4, 0.5) is 0 Å². The number of amides is 1. The Hall–Kier alpha value is -1.44. The van der Waals surface area contributed by atoms with Gasteiger partial charge in [-0.25, -0.2) is 4.68 Å². The van der Waals surface area contributed by atoms with E-state index in [0.29, 0.717) is 26.6 Å². The summed E-state index contributed by atoms with van der Waals surface area (Å²) in [5.41, 5.74) is 0.584. The summed E-state index contributed by atoms with van der Waals surface area (Å²) in [6.45, 7) is 0. The lowest BCUT2D eigenvalue weighted by atomic mass is 10.2. The first-order valence-corrected chi connectivity index (χ1v) is 7.26. The van der Waals surface area contributed by atoms with Crippen molar-refractivity contribution in [1.82, 2.24) is 20.2 Å². The van der Waals surface area contributed by atoms with E-state index in [2.05, 4.69) is 15.5 Å². The van der Waals surface area contributed by atoms with Crippen LogP contribution in [-0.2, 0) is 4.79 Å². The third kappa shape index (κ3) is 3.17. The lowest BCUT2D eigenvalue weighted by Gasteiger charge is -2.05. The molecule has 0 fully saturated rings. The Morgan fingerprint density at radius 2 is 2.20 bits per heavy atom. The highest BCUT2D eigenvalue weighted by atomic mass is 35.5. The summed E-state index contributed by atoms with van der Waals surface area (Å²) in [7, 11) is 1.56. The number of rotatable bonds is 4. The normalized spacial score (nSPS) is 10.6. The predicted octanol–water partition coefficient (Wildman–Crippen LogP) is 1.80. The molecule has 106 valence electrons. The maximum Gasteiger partial charge on any atom is 0.230 e. The molecule has 0 bridgehead atoms. The minimum Gasteiger partial charge on any atom is -0.358 e. The highest BCUT2D eigenvalue weighted by molar-refractivity contribution is 7.99. The van der Waals surface area contributed by atoms with Crippen LogP contribution in [0.5, 0.6) is 0 Å². The van der Waals surface area contributed by atoms with Gasteiger partial charge in [-0.1, -0.05) is 35.0 Å². The lowest BCUT2D eigenvalue weighted by Crippen LogP contribution is -2.20. The first-order valence-electron chi connectivity index (χ1n) is 5.52. The second kappa shape index (κ2) is 6.34. The summed E-state index contributed by atoms with van der Waals surface area (Å²) < 4.78 is 1.28. The molecule has 0 atom stereocenters. The molecule has 9 heteroatoms. The molecule has 0 saturated carbocycles. The van der Waals surface area contributed by atoms with Crippen molar-refractivity contribution in [3.8, 4) is 11.4 Å². The maximum absolute atomic E-state index is 11.2.